The zero-order valence-corrected chi connectivity index (χ0v) is 8.72. The van der Waals surface area contributed by atoms with Gasteiger partial charge in [0, 0.05) is 0 Å². The summed E-state index contributed by atoms with van der Waals surface area (Å²) in [5.74, 6) is 0.0497. The number of hydrogen-bond donors (Lipinski definition) is 0. The van der Waals surface area contributed by atoms with E-state index in [1.807, 2.05) is 0 Å². The molecule has 0 amide bonds. The van der Waals surface area contributed by atoms with Gasteiger partial charge in [-0.3, -0.25) is 14.2 Å². The van der Waals surface area contributed by atoms with Gasteiger partial charge in [0.05, 0.1) is 0 Å². The van der Waals surface area contributed by atoms with Crippen LogP contribution in [0.2, 0.25) is 0 Å². The first kappa shape index (κ1) is 10.2. The van der Waals surface area contributed by atoms with E-state index >= 15 is 0 Å². The molecule has 0 aliphatic carbocycles. The van der Waals surface area contributed by atoms with Crippen molar-refractivity contribution < 1.29 is 9.59 Å². The second kappa shape index (κ2) is 3.52. The second-order valence-electron chi connectivity index (χ2n) is 3.35. The third-order valence-corrected chi connectivity index (χ3v) is 2.42. The third kappa shape index (κ3) is 1.18. The molecule has 0 saturated heterocycles. The largest absolute Gasteiger partial charge is 0.356 e. The van der Waals surface area contributed by atoms with E-state index in [-0.39, 0.29) is 22.7 Å². The standard InChI is InChI=1S/C9H4N6O3/c16-3-14-2-12-5-6-8(11-1-10-7(5)14)15(4-17)9(18)13-6/h1-4H. The van der Waals surface area contributed by atoms with E-state index in [4.69, 9.17) is 0 Å². The number of fused-ring (bicyclic) bond motifs is 3. The van der Waals surface area contributed by atoms with Crippen LogP contribution in [-0.2, 0) is 9.59 Å². The molecule has 0 atom stereocenters. The van der Waals surface area contributed by atoms with Crippen molar-refractivity contribution in [3.63, 3.8) is 0 Å². The molecule has 3 rings (SSSR count). The summed E-state index contributed by atoms with van der Waals surface area (Å²) in [4.78, 5) is 48.4. The Bertz CT molecular complexity index is 804. The Labute approximate surface area is 98.1 Å². The molecule has 0 unspecified atom stereocenters. The summed E-state index contributed by atoms with van der Waals surface area (Å²) in [5.41, 5.74) is -0.184. The van der Waals surface area contributed by atoms with Crippen molar-refractivity contribution in [2.75, 3.05) is 0 Å². The normalized spacial score (nSPS) is 10.9. The molecule has 0 bridgehead atoms. The highest BCUT2D eigenvalue weighted by Gasteiger charge is 2.20. The van der Waals surface area contributed by atoms with E-state index in [1.54, 1.807) is 0 Å². The fourth-order valence-corrected chi connectivity index (χ4v) is 1.65. The van der Waals surface area contributed by atoms with Gasteiger partial charge in [-0.25, -0.2) is 24.3 Å². The van der Waals surface area contributed by atoms with E-state index in [2.05, 4.69) is 19.9 Å². The molecule has 0 aromatic carbocycles. The van der Waals surface area contributed by atoms with Crippen LogP contribution < -0.4 is 5.69 Å². The molecule has 0 saturated carbocycles. The van der Waals surface area contributed by atoms with Gasteiger partial charge in [-0.15, -0.1) is 0 Å². The molecule has 0 spiro atoms. The van der Waals surface area contributed by atoms with Crippen LogP contribution in [0.5, 0.6) is 0 Å². The van der Waals surface area contributed by atoms with Gasteiger partial charge >= 0.3 is 5.69 Å². The van der Waals surface area contributed by atoms with Gasteiger partial charge in [0.1, 0.15) is 23.9 Å². The summed E-state index contributed by atoms with van der Waals surface area (Å²) < 4.78 is 1.87. The smallest absolute Gasteiger partial charge is 0.278 e. The molecular formula is C9H4N6O3. The van der Waals surface area contributed by atoms with Gasteiger partial charge in [0.15, 0.2) is 11.5 Å². The highest BCUT2D eigenvalue weighted by Crippen LogP contribution is 2.20. The van der Waals surface area contributed by atoms with Crippen molar-refractivity contribution >= 4 is 24.0 Å². The van der Waals surface area contributed by atoms with E-state index in [0.717, 1.165) is 15.5 Å². The Morgan fingerprint density at radius 3 is 2.67 bits per heavy atom. The minimum atomic E-state index is -0.749. The number of imidazole rings is 2. The highest BCUT2D eigenvalue weighted by molar-refractivity contribution is 5.89. The molecule has 18 heavy (non-hydrogen) atoms. The summed E-state index contributed by atoms with van der Waals surface area (Å²) in [6.07, 6.45) is 3.21. The lowest BCUT2D eigenvalue weighted by Gasteiger charge is -1.90. The minimum Gasteiger partial charge on any atom is -0.278 e. The summed E-state index contributed by atoms with van der Waals surface area (Å²) in [7, 11) is 0. The fraction of sp³-hybridized carbons (Fsp3) is 0. The van der Waals surface area contributed by atoms with Gasteiger partial charge in [0.25, 0.3) is 0 Å². The topological polar surface area (TPSA) is 113 Å². The monoisotopic (exact) mass is 244 g/mol. The van der Waals surface area contributed by atoms with Crippen molar-refractivity contribution in [1.82, 2.24) is 29.1 Å². The molecule has 9 nitrogen and oxygen atoms in total. The quantitative estimate of drug-likeness (QED) is 0.507. The Hall–Kier alpha value is -2.97. The van der Waals surface area contributed by atoms with Gasteiger partial charge in [-0.2, -0.15) is 4.98 Å². The second-order valence-corrected chi connectivity index (χ2v) is 3.35. The first-order valence-corrected chi connectivity index (χ1v) is 4.76. The Balaban J connectivity index is 2.53. The zero-order chi connectivity index (χ0) is 12.7. The van der Waals surface area contributed by atoms with Crippen LogP contribution in [0.4, 0.5) is 0 Å². The first-order chi connectivity index (χ1) is 8.76. The maximum atomic E-state index is 11.4. The van der Waals surface area contributed by atoms with Crippen LogP contribution in [0.15, 0.2) is 17.4 Å². The molecule has 88 valence electrons. The van der Waals surface area contributed by atoms with Crippen LogP contribution in [0.25, 0.3) is 22.7 Å². The Kier molecular flexibility index (Phi) is 1.99. The number of hydrogen-bond acceptors (Lipinski definition) is 7. The van der Waals surface area contributed by atoms with Crippen molar-refractivity contribution in [2.24, 2.45) is 0 Å². The van der Waals surface area contributed by atoms with E-state index in [1.165, 1.54) is 6.33 Å². The fourth-order valence-electron chi connectivity index (χ4n) is 1.65. The first-order valence-electron chi connectivity index (χ1n) is 4.76. The van der Waals surface area contributed by atoms with Crippen molar-refractivity contribution in [1.29, 1.82) is 0 Å². The Morgan fingerprint density at radius 2 is 1.94 bits per heavy atom. The summed E-state index contributed by atoms with van der Waals surface area (Å²) >= 11 is 0. The van der Waals surface area contributed by atoms with Gasteiger partial charge < -0.3 is 0 Å². The predicted molar refractivity (Wildman–Crippen MR) is 58.3 cm³/mol. The lowest BCUT2D eigenvalue weighted by atomic mass is 10.3. The van der Waals surface area contributed by atoms with Crippen LogP contribution >= 0.6 is 0 Å². The molecular weight excluding hydrogens is 240 g/mol. The number of nitrogens with zero attached hydrogens (tertiary/aromatic N) is 6. The number of carbonyl (C=O) groups excluding carboxylic acids is 2. The minimum absolute atomic E-state index is 0.0497. The summed E-state index contributed by atoms with van der Waals surface area (Å²) in [6, 6.07) is 0. The molecule has 9 heteroatoms. The Morgan fingerprint density at radius 1 is 1.11 bits per heavy atom. The number of aromatic nitrogens is 6. The molecule has 1 aromatic heterocycles. The summed E-state index contributed by atoms with van der Waals surface area (Å²) in [6.45, 7) is 0. The van der Waals surface area contributed by atoms with Gasteiger partial charge in [-0.1, -0.05) is 0 Å². The van der Waals surface area contributed by atoms with Crippen LogP contribution in [-0.4, -0.2) is 41.9 Å². The average Bonchev–Trinajstić information content (AvgIpc) is 2.86. The van der Waals surface area contributed by atoms with Crippen molar-refractivity contribution in [3.05, 3.63) is 23.1 Å². The number of carbonyl (C=O) groups is 2. The van der Waals surface area contributed by atoms with E-state index in [9.17, 15) is 14.4 Å². The maximum absolute atomic E-state index is 11.4. The average molecular weight is 244 g/mol. The third-order valence-electron chi connectivity index (χ3n) is 2.42. The predicted octanol–water partition coefficient (Wildman–Crippen LogP) is -1.44. The summed E-state index contributed by atoms with van der Waals surface area (Å²) in [5, 5.41) is 0. The molecule has 0 fully saturated rings. The van der Waals surface area contributed by atoms with Gasteiger partial charge in [0.2, 0.25) is 12.8 Å². The lowest BCUT2D eigenvalue weighted by molar-refractivity contribution is 0.545. The van der Waals surface area contributed by atoms with E-state index < -0.39 is 5.69 Å². The molecule has 3 heterocycles. The molecule has 0 N–H and O–H groups in total. The van der Waals surface area contributed by atoms with E-state index in [0.29, 0.717) is 12.8 Å². The van der Waals surface area contributed by atoms with Gasteiger partial charge in [-0.05, 0) is 0 Å². The SMILES string of the molecule is O=Cn1c2ncnc3c(ncn3C=O)c-2nc1=O. The van der Waals surface area contributed by atoms with Crippen molar-refractivity contribution in [2.45, 2.75) is 0 Å². The molecule has 2 aliphatic heterocycles. The van der Waals surface area contributed by atoms with Crippen LogP contribution in [0.3, 0.4) is 0 Å². The molecule has 1 aromatic rings. The lowest BCUT2D eigenvalue weighted by Crippen LogP contribution is -2.15. The van der Waals surface area contributed by atoms with Crippen LogP contribution in [0.1, 0.15) is 0 Å². The zero-order valence-electron chi connectivity index (χ0n) is 8.72. The van der Waals surface area contributed by atoms with Crippen LogP contribution in [0, 0.1) is 0 Å². The number of rotatable bonds is 2. The van der Waals surface area contributed by atoms with Crippen molar-refractivity contribution in [3.8, 4) is 11.5 Å². The highest BCUT2D eigenvalue weighted by atomic mass is 16.2. The molecule has 2 aliphatic rings. The molecule has 0 radical (unpaired) electrons. The maximum Gasteiger partial charge on any atom is 0.356 e.